The van der Waals surface area contributed by atoms with E-state index in [9.17, 15) is 4.79 Å². The van der Waals surface area contributed by atoms with Crippen molar-refractivity contribution >= 4 is 29.8 Å². The molecule has 0 unspecified atom stereocenters. The Kier molecular flexibility index (Phi) is 7.04. The Morgan fingerprint density at radius 1 is 1.24 bits per heavy atom. The van der Waals surface area contributed by atoms with Crippen LogP contribution in [0.4, 0.5) is 0 Å². The van der Waals surface area contributed by atoms with Crippen molar-refractivity contribution in [2.24, 2.45) is 5.10 Å². The minimum Gasteiger partial charge on any atom is -0.496 e. The summed E-state index contributed by atoms with van der Waals surface area (Å²) in [5, 5.41) is 4.46. The van der Waals surface area contributed by atoms with E-state index in [4.69, 9.17) is 21.1 Å². The number of para-hydroxylation sites is 1. The molecule has 0 fully saturated rings. The van der Waals surface area contributed by atoms with Crippen molar-refractivity contribution in [2.45, 2.75) is 6.92 Å². The fourth-order valence-corrected chi connectivity index (χ4v) is 2.28. The zero-order chi connectivity index (χ0) is 18.1. The van der Waals surface area contributed by atoms with Crippen molar-refractivity contribution in [1.29, 1.82) is 0 Å². The molecule has 1 amide bonds. The van der Waals surface area contributed by atoms with E-state index in [-0.39, 0.29) is 12.5 Å². The Bertz CT molecular complexity index is 788. The standard InChI is InChI=1S/C19H19ClN2O3/c1-14-12-16(20)9-10-17(14)25-13-19(23)22-21-11-5-7-15-6-3-4-8-18(15)24-2/h3-12H,13H2,1-2H3,(H,22,23)/b7-5+,21-11+. The zero-order valence-corrected chi connectivity index (χ0v) is 14.8. The van der Waals surface area contributed by atoms with Gasteiger partial charge in [0, 0.05) is 16.8 Å². The van der Waals surface area contributed by atoms with Gasteiger partial charge in [-0.1, -0.05) is 29.8 Å². The average Bonchev–Trinajstić information content (AvgIpc) is 2.61. The first-order valence-corrected chi connectivity index (χ1v) is 7.98. The summed E-state index contributed by atoms with van der Waals surface area (Å²) >= 11 is 5.87. The van der Waals surface area contributed by atoms with Crippen molar-refractivity contribution in [1.82, 2.24) is 5.43 Å². The molecular formula is C19H19ClN2O3. The van der Waals surface area contributed by atoms with Crippen molar-refractivity contribution in [3.63, 3.8) is 0 Å². The number of hydrogen-bond donors (Lipinski definition) is 1. The van der Waals surface area contributed by atoms with E-state index in [0.29, 0.717) is 10.8 Å². The van der Waals surface area contributed by atoms with Crippen LogP contribution in [-0.4, -0.2) is 25.8 Å². The maximum absolute atomic E-state index is 11.7. The number of nitrogens with zero attached hydrogens (tertiary/aromatic N) is 1. The number of hydrazone groups is 1. The highest BCUT2D eigenvalue weighted by molar-refractivity contribution is 6.30. The summed E-state index contributed by atoms with van der Waals surface area (Å²) in [4.78, 5) is 11.7. The van der Waals surface area contributed by atoms with Crippen LogP contribution in [0.5, 0.6) is 11.5 Å². The third kappa shape index (κ3) is 5.97. The van der Waals surface area contributed by atoms with Crippen LogP contribution < -0.4 is 14.9 Å². The second-order valence-corrected chi connectivity index (χ2v) is 5.55. The first-order chi connectivity index (χ1) is 12.1. The minimum atomic E-state index is -0.351. The first kappa shape index (κ1) is 18.5. The third-order valence-electron chi connectivity index (χ3n) is 3.26. The molecule has 0 saturated heterocycles. The largest absolute Gasteiger partial charge is 0.496 e. The van der Waals surface area contributed by atoms with E-state index < -0.39 is 0 Å². The number of nitrogens with one attached hydrogen (secondary N) is 1. The first-order valence-electron chi connectivity index (χ1n) is 7.60. The Labute approximate surface area is 151 Å². The predicted molar refractivity (Wildman–Crippen MR) is 100 cm³/mol. The van der Waals surface area contributed by atoms with Gasteiger partial charge < -0.3 is 9.47 Å². The summed E-state index contributed by atoms with van der Waals surface area (Å²) in [6, 6.07) is 12.8. The number of carbonyl (C=O) groups excluding carboxylic acids is 1. The Balaban J connectivity index is 1.79. The maximum atomic E-state index is 11.7. The molecule has 2 rings (SSSR count). The van der Waals surface area contributed by atoms with Crippen LogP contribution in [0.3, 0.4) is 0 Å². The third-order valence-corrected chi connectivity index (χ3v) is 3.50. The molecule has 0 aromatic heterocycles. The molecule has 2 aromatic rings. The van der Waals surface area contributed by atoms with E-state index in [1.807, 2.05) is 37.3 Å². The molecule has 0 atom stereocenters. The molecule has 0 bridgehead atoms. The number of carbonyl (C=O) groups is 1. The van der Waals surface area contributed by atoms with Gasteiger partial charge in [0.25, 0.3) is 5.91 Å². The zero-order valence-electron chi connectivity index (χ0n) is 14.0. The van der Waals surface area contributed by atoms with Gasteiger partial charge in [-0.15, -0.1) is 0 Å². The van der Waals surface area contributed by atoms with Gasteiger partial charge in [0.1, 0.15) is 11.5 Å². The summed E-state index contributed by atoms with van der Waals surface area (Å²) in [6.45, 7) is 1.73. The van der Waals surface area contributed by atoms with Gasteiger partial charge in [-0.2, -0.15) is 5.10 Å². The number of benzene rings is 2. The molecule has 0 radical (unpaired) electrons. The van der Waals surface area contributed by atoms with Gasteiger partial charge in [0.2, 0.25) is 0 Å². The number of amides is 1. The molecular weight excluding hydrogens is 340 g/mol. The number of aryl methyl sites for hydroxylation is 1. The predicted octanol–water partition coefficient (Wildman–Crippen LogP) is 3.85. The Morgan fingerprint density at radius 2 is 2.04 bits per heavy atom. The molecule has 130 valence electrons. The average molecular weight is 359 g/mol. The molecule has 0 saturated carbocycles. The van der Waals surface area contributed by atoms with Crippen LogP contribution in [0.2, 0.25) is 5.02 Å². The second-order valence-electron chi connectivity index (χ2n) is 5.11. The van der Waals surface area contributed by atoms with Gasteiger partial charge in [0.15, 0.2) is 6.61 Å². The number of hydrogen-bond acceptors (Lipinski definition) is 4. The van der Waals surface area contributed by atoms with Gasteiger partial charge >= 0.3 is 0 Å². The Morgan fingerprint density at radius 3 is 2.80 bits per heavy atom. The number of rotatable bonds is 7. The van der Waals surface area contributed by atoms with E-state index >= 15 is 0 Å². The highest BCUT2D eigenvalue weighted by Crippen LogP contribution is 2.21. The van der Waals surface area contributed by atoms with Crippen molar-refractivity contribution < 1.29 is 14.3 Å². The van der Waals surface area contributed by atoms with Crippen LogP contribution in [0.1, 0.15) is 11.1 Å². The lowest BCUT2D eigenvalue weighted by molar-refractivity contribution is -0.123. The van der Waals surface area contributed by atoms with Crippen LogP contribution in [0, 0.1) is 6.92 Å². The van der Waals surface area contributed by atoms with Gasteiger partial charge in [-0.05, 0) is 48.9 Å². The topological polar surface area (TPSA) is 59.9 Å². The monoisotopic (exact) mass is 358 g/mol. The van der Waals surface area contributed by atoms with Crippen LogP contribution in [-0.2, 0) is 4.79 Å². The van der Waals surface area contributed by atoms with Crippen LogP contribution in [0.25, 0.3) is 6.08 Å². The van der Waals surface area contributed by atoms with Crippen molar-refractivity contribution in [3.05, 3.63) is 64.7 Å². The number of halogens is 1. The minimum absolute atomic E-state index is 0.129. The second kappa shape index (κ2) is 9.49. The molecule has 0 spiro atoms. The van der Waals surface area contributed by atoms with E-state index in [1.54, 1.807) is 31.4 Å². The SMILES string of the molecule is COc1ccccc1/C=C/C=N/NC(=O)COc1ccc(Cl)cc1C. The summed E-state index contributed by atoms with van der Waals surface area (Å²) in [6.07, 6.45) is 5.03. The van der Waals surface area contributed by atoms with Crippen molar-refractivity contribution in [2.75, 3.05) is 13.7 Å². The smallest absolute Gasteiger partial charge is 0.277 e. The normalized spacial score (nSPS) is 11.0. The fraction of sp³-hybridized carbons (Fsp3) is 0.158. The Hall–Kier alpha value is -2.79. The summed E-state index contributed by atoms with van der Waals surface area (Å²) in [7, 11) is 1.61. The van der Waals surface area contributed by atoms with Gasteiger partial charge in [-0.25, -0.2) is 5.43 Å². The molecule has 6 heteroatoms. The molecule has 0 aliphatic rings. The number of allylic oxidation sites excluding steroid dienone is 1. The highest BCUT2D eigenvalue weighted by Gasteiger charge is 2.04. The molecule has 0 aliphatic heterocycles. The number of methoxy groups -OCH3 is 1. The summed E-state index contributed by atoms with van der Waals surface area (Å²) in [5.41, 5.74) is 4.18. The quantitative estimate of drug-likeness (QED) is 0.604. The summed E-state index contributed by atoms with van der Waals surface area (Å²) < 4.78 is 10.7. The lowest BCUT2D eigenvalue weighted by Gasteiger charge is -2.08. The number of ether oxygens (including phenoxy) is 2. The van der Waals surface area contributed by atoms with Crippen LogP contribution in [0.15, 0.2) is 53.6 Å². The molecule has 25 heavy (non-hydrogen) atoms. The molecule has 2 aromatic carbocycles. The lowest BCUT2D eigenvalue weighted by atomic mass is 10.2. The van der Waals surface area contributed by atoms with Gasteiger partial charge in [-0.3, -0.25) is 4.79 Å². The molecule has 0 aliphatic carbocycles. The fourth-order valence-electron chi connectivity index (χ4n) is 2.05. The van der Waals surface area contributed by atoms with Crippen molar-refractivity contribution in [3.8, 4) is 11.5 Å². The van der Waals surface area contributed by atoms with E-state index in [2.05, 4.69) is 10.5 Å². The molecule has 5 nitrogen and oxygen atoms in total. The van der Waals surface area contributed by atoms with Crippen LogP contribution >= 0.6 is 11.6 Å². The lowest BCUT2D eigenvalue weighted by Crippen LogP contribution is -2.24. The highest BCUT2D eigenvalue weighted by atomic mass is 35.5. The maximum Gasteiger partial charge on any atom is 0.277 e. The molecule has 1 N–H and O–H groups in total. The van der Waals surface area contributed by atoms with Gasteiger partial charge in [0.05, 0.1) is 7.11 Å². The molecule has 0 heterocycles. The summed E-state index contributed by atoms with van der Waals surface area (Å²) in [5.74, 6) is 1.03. The van der Waals surface area contributed by atoms with E-state index in [0.717, 1.165) is 16.9 Å². The van der Waals surface area contributed by atoms with E-state index in [1.165, 1.54) is 6.21 Å².